The van der Waals surface area contributed by atoms with Crippen molar-refractivity contribution in [2.75, 3.05) is 6.61 Å². The highest BCUT2D eigenvalue weighted by atomic mass is 16.4. The van der Waals surface area contributed by atoms with Crippen LogP contribution in [0.5, 0.6) is 0 Å². The molecule has 0 aliphatic heterocycles. The number of aliphatic hydroxyl groups is 2. The standard InChI is InChI=1S/C30H48O5/c1-20(17-31)7-6-8-21(2)22-11-13-27(4)23-9-10-24(28(5,35)19-32)29(14-12-25(33)34)18-30(23,29)16-15-26(22,27)3/h7,17,21-24,32,35H,6,8-16,18-19H2,1-5H3,(H,33,34)/t21-,22-,23+,24?,26-,27+,28+,29-,30+/m1/s1. The van der Waals surface area contributed by atoms with E-state index in [4.69, 9.17) is 0 Å². The Labute approximate surface area is 211 Å². The third-order valence-electron chi connectivity index (χ3n) is 12.3. The van der Waals surface area contributed by atoms with Crippen LogP contribution in [0.4, 0.5) is 0 Å². The number of aldehydes is 1. The summed E-state index contributed by atoms with van der Waals surface area (Å²) in [5, 5.41) is 30.8. The van der Waals surface area contributed by atoms with Crippen molar-refractivity contribution in [2.24, 2.45) is 45.3 Å². The number of hydrogen-bond acceptors (Lipinski definition) is 4. The maximum atomic E-state index is 11.6. The third kappa shape index (κ3) is 3.86. The zero-order chi connectivity index (χ0) is 25.9. The van der Waals surface area contributed by atoms with Crippen LogP contribution in [0, 0.1) is 45.3 Å². The van der Waals surface area contributed by atoms with E-state index in [1.807, 2.05) is 6.92 Å². The van der Waals surface area contributed by atoms with Crippen molar-refractivity contribution in [3.8, 4) is 0 Å². The lowest BCUT2D eigenvalue weighted by atomic mass is 9.43. The maximum absolute atomic E-state index is 11.6. The summed E-state index contributed by atoms with van der Waals surface area (Å²) in [4.78, 5) is 22.6. The van der Waals surface area contributed by atoms with Crippen molar-refractivity contribution >= 4 is 12.3 Å². The number of hydrogen-bond donors (Lipinski definition) is 3. The van der Waals surface area contributed by atoms with E-state index < -0.39 is 11.6 Å². The summed E-state index contributed by atoms with van der Waals surface area (Å²) in [5.41, 5.74) is 0.0983. The van der Waals surface area contributed by atoms with E-state index in [0.29, 0.717) is 24.2 Å². The van der Waals surface area contributed by atoms with Gasteiger partial charge in [-0.25, -0.2) is 0 Å². The fourth-order valence-corrected chi connectivity index (χ4v) is 10.4. The summed E-state index contributed by atoms with van der Waals surface area (Å²) < 4.78 is 0. The largest absolute Gasteiger partial charge is 0.481 e. The molecule has 1 spiro atoms. The molecular formula is C30H48O5. The van der Waals surface area contributed by atoms with E-state index in [1.54, 1.807) is 6.92 Å². The normalized spacial score (nSPS) is 45.0. The van der Waals surface area contributed by atoms with E-state index in [0.717, 1.165) is 50.4 Å². The van der Waals surface area contributed by atoms with Crippen molar-refractivity contribution in [3.63, 3.8) is 0 Å². The molecule has 0 heterocycles. The Bertz CT molecular complexity index is 878. The Kier molecular flexibility index (Phi) is 6.88. The van der Waals surface area contributed by atoms with Gasteiger partial charge in [0, 0.05) is 6.42 Å². The number of carboxylic acids is 1. The van der Waals surface area contributed by atoms with Gasteiger partial charge >= 0.3 is 5.97 Å². The Morgan fingerprint density at radius 2 is 1.86 bits per heavy atom. The number of carboxylic acid groups (broad SMARTS) is 1. The minimum Gasteiger partial charge on any atom is -0.481 e. The van der Waals surface area contributed by atoms with Crippen molar-refractivity contribution < 1.29 is 24.9 Å². The molecule has 0 aromatic carbocycles. The molecular weight excluding hydrogens is 440 g/mol. The number of rotatable bonds is 10. The quantitative estimate of drug-likeness (QED) is 0.268. The van der Waals surface area contributed by atoms with E-state index >= 15 is 0 Å². The number of carbonyl (C=O) groups is 2. The first-order valence-corrected chi connectivity index (χ1v) is 14.0. The lowest BCUT2D eigenvalue weighted by Gasteiger charge is -2.61. The molecule has 0 bridgehead atoms. The number of fused-ring (bicyclic) bond motifs is 2. The molecule has 4 saturated carbocycles. The van der Waals surface area contributed by atoms with E-state index in [-0.39, 0.29) is 40.6 Å². The second-order valence-electron chi connectivity index (χ2n) is 13.7. The van der Waals surface area contributed by atoms with Crippen LogP contribution in [0.2, 0.25) is 0 Å². The van der Waals surface area contributed by atoms with Gasteiger partial charge in [-0.2, -0.15) is 0 Å². The van der Waals surface area contributed by atoms with Crippen LogP contribution in [0.15, 0.2) is 11.6 Å². The summed E-state index contributed by atoms with van der Waals surface area (Å²) in [5.74, 6) is 1.04. The first-order valence-electron chi connectivity index (χ1n) is 14.0. The van der Waals surface area contributed by atoms with Gasteiger partial charge in [-0.05, 0) is 129 Å². The highest BCUT2D eigenvalue weighted by molar-refractivity contribution is 5.71. The van der Waals surface area contributed by atoms with E-state index in [1.165, 1.54) is 19.3 Å². The summed E-state index contributed by atoms with van der Waals surface area (Å²) in [6, 6.07) is 0. The number of carbonyl (C=O) groups excluding carboxylic acids is 1. The minimum absolute atomic E-state index is 0.0347. The van der Waals surface area contributed by atoms with Gasteiger partial charge in [0.1, 0.15) is 6.29 Å². The average molecular weight is 489 g/mol. The summed E-state index contributed by atoms with van der Waals surface area (Å²) in [6.07, 6.45) is 13.6. The second-order valence-corrected chi connectivity index (χ2v) is 13.7. The summed E-state index contributed by atoms with van der Waals surface area (Å²) in [7, 11) is 0. The predicted octanol–water partition coefficient (Wildman–Crippen LogP) is 5.78. The lowest BCUT2D eigenvalue weighted by Crippen LogP contribution is -2.57. The molecule has 5 nitrogen and oxygen atoms in total. The molecule has 4 aliphatic carbocycles. The zero-order valence-electron chi connectivity index (χ0n) is 22.6. The Hall–Kier alpha value is -1.20. The topological polar surface area (TPSA) is 94.8 Å². The van der Waals surface area contributed by atoms with E-state index in [2.05, 4.69) is 26.8 Å². The maximum Gasteiger partial charge on any atom is 0.303 e. The van der Waals surface area contributed by atoms with Crippen molar-refractivity contribution in [1.29, 1.82) is 0 Å². The Balaban J connectivity index is 1.60. The number of allylic oxidation sites excluding steroid dienone is 2. The highest BCUT2D eigenvalue weighted by Gasteiger charge is 2.81. The molecule has 0 saturated heterocycles. The van der Waals surface area contributed by atoms with Crippen LogP contribution in [-0.4, -0.2) is 39.8 Å². The predicted molar refractivity (Wildman–Crippen MR) is 137 cm³/mol. The molecule has 35 heavy (non-hydrogen) atoms. The number of aliphatic hydroxyl groups excluding tert-OH is 1. The van der Waals surface area contributed by atoms with Gasteiger partial charge in [-0.15, -0.1) is 0 Å². The van der Waals surface area contributed by atoms with Crippen molar-refractivity contribution in [1.82, 2.24) is 0 Å². The van der Waals surface area contributed by atoms with Crippen LogP contribution in [0.3, 0.4) is 0 Å². The highest BCUT2D eigenvalue weighted by Crippen LogP contribution is 2.87. The molecule has 4 rings (SSSR count). The van der Waals surface area contributed by atoms with Crippen LogP contribution in [0.1, 0.15) is 105 Å². The van der Waals surface area contributed by atoms with Crippen molar-refractivity contribution in [3.05, 3.63) is 11.6 Å². The third-order valence-corrected chi connectivity index (χ3v) is 12.3. The van der Waals surface area contributed by atoms with E-state index in [9.17, 15) is 24.9 Å². The SMILES string of the molecule is CC(C=O)=CCC[C@@H](C)[C@H]1CC[C@@]2(C)[C@@H]3CCC([C@@](C)(O)CO)[C@@]4(CCC(=O)O)C[C@@]34CC[C@]12C. The fraction of sp³-hybridized carbons (Fsp3) is 0.867. The molecule has 5 heteroatoms. The summed E-state index contributed by atoms with van der Waals surface area (Å²) >= 11 is 0. The van der Waals surface area contributed by atoms with Crippen molar-refractivity contribution in [2.45, 2.75) is 111 Å². The molecule has 4 fully saturated rings. The molecule has 198 valence electrons. The van der Waals surface area contributed by atoms with Gasteiger partial charge in [0.05, 0.1) is 12.2 Å². The lowest BCUT2D eigenvalue weighted by molar-refractivity contribution is -0.159. The smallest absolute Gasteiger partial charge is 0.303 e. The zero-order valence-corrected chi connectivity index (χ0v) is 22.6. The first-order chi connectivity index (χ1) is 16.3. The van der Waals surface area contributed by atoms with Crippen LogP contribution in [-0.2, 0) is 9.59 Å². The molecule has 1 unspecified atom stereocenters. The molecule has 0 radical (unpaired) electrons. The molecule has 0 aromatic rings. The second kappa shape index (κ2) is 8.97. The summed E-state index contributed by atoms with van der Waals surface area (Å²) in [6.45, 7) is 10.8. The van der Waals surface area contributed by atoms with Gasteiger partial charge < -0.3 is 15.3 Å². The monoisotopic (exact) mass is 488 g/mol. The molecule has 0 amide bonds. The fourth-order valence-electron chi connectivity index (χ4n) is 10.4. The molecule has 9 atom stereocenters. The molecule has 0 aromatic heterocycles. The van der Waals surface area contributed by atoms with Gasteiger partial charge in [0.25, 0.3) is 0 Å². The van der Waals surface area contributed by atoms with Crippen LogP contribution in [0.25, 0.3) is 0 Å². The molecule has 4 aliphatic rings. The Morgan fingerprint density at radius 1 is 1.14 bits per heavy atom. The van der Waals surface area contributed by atoms with Crippen LogP contribution >= 0.6 is 0 Å². The van der Waals surface area contributed by atoms with Gasteiger partial charge in [0.2, 0.25) is 0 Å². The van der Waals surface area contributed by atoms with Gasteiger partial charge in [-0.3, -0.25) is 9.59 Å². The van der Waals surface area contributed by atoms with Crippen LogP contribution < -0.4 is 0 Å². The number of aliphatic carboxylic acids is 1. The van der Waals surface area contributed by atoms with Gasteiger partial charge in [-0.1, -0.05) is 26.8 Å². The average Bonchev–Trinajstić information content (AvgIpc) is 3.40. The molecule has 3 N–H and O–H groups in total. The van der Waals surface area contributed by atoms with Gasteiger partial charge in [0.15, 0.2) is 0 Å². The minimum atomic E-state index is -1.16. The first kappa shape index (κ1) is 26.9. The Morgan fingerprint density at radius 3 is 2.49 bits per heavy atom.